The van der Waals surface area contributed by atoms with Crippen molar-refractivity contribution < 1.29 is 38.4 Å². The molecule has 0 spiro atoms. The van der Waals surface area contributed by atoms with Gasteiger partial charge >= 0.3 is 5.97 Å². The molecule has 5 rings (SSSR count). The molecule has 10 heteroatoms. The number of aliphatic carboxylic acids is 1. The van der Waals surface area contributed by atoms with Crippen LogP contribution < -0.4 is 25.0 Å². The van der Waals surface area contributed by atoms with Crippen molar-refractivity contribution in [2.75, 3.05) is 19.8 Å². The second-order valence-electron chi connectivity index (χ2n) is 8.59. The fourth-order valence-electron chi connectivity index (χ4n) is 4.14. The molecule has 1 aromatic heterocycles. The SMILES string of the molecule is O=C(COc1cc(O)c2c(=O)c(-c3ccc4c(c3)OCCO4)coc2c1)NC(Cc1ccccc1)C(=O)O. The Morgan fingerprint density at radius 1 is 1.00 bits per heavy atom. The number of amides is 1. The summed E-state index contributed by atoms with van der Waals surface area (Å²) in [7, 11) is 0. The summed E-state index contributed by atoms with van der Waals surface area (Å²) in [6.07, 6.45) is 1.38. The molecule has 194 valence electrons. The van der Waals surface area contributed by atoms with E-state index in [4.69, 9.17) is 18.6 Å². The van der Waals surface area contributed by atoms with Gasteiger partial charge < -0.3 is 34.2 Å². The Morgan fingerprint density at radius 2 is 1.76 bits per heavy atom. The van der Waals surface area contributed by atoms with Gasteiger partial charge in [-0.05, 0) is 23.3 Å². The number of hydrogen-bond donors (Lipinski definition) is 3. The van der Waals surface area contributed by atoms with Gasteiger partial charge in [0.15, 0.2) is 18.1 Å². The Kier molecular flexibility index (Phi) is 6.86. The van der Waals surface area contributed by atoms with Crippen molar-refractivity contribution in [1.82, 2.24) is 5.32 Å². The second-order valence-corrected chi connectivity index (χ2v) is 8.59. The summed E-state index contributed by atoms with van der Waals surface area (Å²) < 4.78 is 22.2. The summed E-state index contributed by atoms with van der Waals surface area (Å²) in [6.45, 7) is 0.329. The van der Waals surface area contributed by atoms with E-state index in [2.05, 4.69) is 5.32 Å². The largest absolute Gasteiger partial charge is 0.507 e. The number of nitrogens with one attached hydrogen (secondary N) is 1. The van der Waals surface area contributed by atoms with E-state index in [9.17, 15) is 24.6 Å². The molecule has 0 bridgehead atoms. The van der Waals surface area contributed by atoms with E-state index < -0.39 is 35.7 Å². The third-order valence-corrected chi connectivity index (χ3v) is 5.97. The minimum Gasteiger partial charge on any atom is -0.507 e. The molecule has 1 aliphatic rings. The van der Waals surface area contributed by atoms with Crippen LogP contribution in [0.25, 0.3) is 22.1 Å². The van der Waals surface area contributed by atoms with Crippen LogP contribution in [-0.2, 0) is 16.0 Å². The standard InChI is InChI=1S/C28H23NO9/c30-21-12-18(37-15-25(31)29-20(28(33)34)10-16-4-2-1-3-5-16)13-24-26(21)27(32)19(14-38-24)17-6-7-22-23(11-17)36-9-8-35-22/h1-7,11-14,20,30H,8-10,15H2,(H,29,31)(H,33,34). The van der Waals surface area contributed by atoms with Crippen LogP contribution in [0.5, 0.6) is 23.0 Å². The molecule has 0 saturated heterocycles. The number of phenolic OH excluding ortho intramolecular Hbond substituents is 1. The maximum atomic E-state index is 13.2. The molecule has 2 heterocycles. The maximum Gasteiger partial charge on any atom is 0.326 e. The summed E-state index contributed by atoms with van der Waals surface area (Å²) in [5.74, 6) is -1.08. The molecule has 38 heavy (non-hydrogen) atoms. The molecule has 4 aromatic rings. The lowest BCUT2D eigenvalue weighted by atomic mass is 10.0. The van der Waals surface area contributed by atoms with Gasteiger partial charge in [0.05, 0.1) is 5.56 Å². The van der Waals surface area contributed by atoms with Crippen LogP contribution in [0.2, 0.25) is 0 Å². The molecule has 0 aliphatic carbocycles. The number of fused-ring (bicyclic) bond motifs is 2. The second kappa shape index (κ2) is 10.6. The maximum absolute atomic E-state index is 13.2. The lowest BCUT2D eigenvalue weighted by Crippen LogP contribution is -2.44. The predicted octanol–water partition coefficient (Wildman–Crippen LogP) is 3.13. The van der Waals surface area contributed by atoms with E-state index in [1.165, 1.54) is 18.4 Å². The quantitative estimate of drug-likeness (QED) is 0.321. The molecular weight excluding hydrogens is 494 g/mol. The summed E-state index contributed by atoms with van der Waals surface area (Å²) in [6, 6.07) is 15.4. The zero-order valence-electron chi connectivity index (χ0n) is 20.0. The van der Waals surface area contributed by atoms with Crippen LogP contribution in [0.4, 0.5) is 0 Å². The highest BCUT2D eigenvalue weighted by Gasteiger charge is 2.21. The Hall–Kier alpha value is -4.99. The molecule has 0 fully saturated rings. The van der Waals surface area contributed by atoms with Crippen molar-refractivity contribution in [3.8, 4) is 34.1 Å². The van der Waals surface area contributed by atoms with Gasteiger partial charge in [-0.1, -0.05) is 36.4 Å². The lowest BCUT2D eigenvalue weighted by Gasteiger charge is -2.18. The third-order valence-electron chi connectivity index (χ3n) is 5.97. The van der Waals surface area contributed by atoms with Crippen molar-refractivity contribution >= 4 is 22.8 Å². The average molecular weight is 517 g/mol. The lowest BCUT2D eigenvalue weighted by molar-refractivity contribution is -0.142. The minimum atomic E-state index is -1.18. The van der Waals surface area contributed by atoms with Gasteiger partial charge in [-0.25, -0.2) is 4.79 Å². The van der Waals surface area contributed by atoms with Crippen LogP contribution in [0.3, 0.4) is 0 Å². The van der Waals surface area contributed by atoms with Gasteiger partial charge in [-0.2, -0.15) is 0 Å². The topological polar surface area (TPSA) is 145 Å². The first kappa shape index (κ1) is 24.7. The zero-order valence-corrected chi connectivity index (χ0v) is 20.0. The number of carboxylic acids is 1. The average Bonchev–Trinajstić information content (AvgIpc) is 2.92. The van der Waals surface area contributed by atoms with Gasteiger partial charge in [0, 0.05) is 18.6 Å². The normalized spacial score (nSPS) is 13.1. The number of ether oxygens (including phenoxy) is 3. The highest BCUT2D eigenvalue weighted by Crippen LogP contribution is 2.35. The van der Waals surface area contributed by atoms with Gasteiger partial charge in [0.25, 0.3) is 5.91 Å². The molecule has 1 amide bonds. The first-order valence-electron chi connectivity index (χ1n) is 11.8. The van der Waals surface area contributed by atoms with Crippen LogP contribution in [0.15, 0.2) is 76.1 Å². The van der Waals surface area contributed by atoms with Crippen molar-refractivity contribution in [2.45, 2.75) is 12.5 Å². The van der Waals surface area contributed by atoms with Crippen molar-refractivity contribution in [2.24, 2.45) is 0 Å². The highest BCUT2D eigenvalue weighted by molar-refractivity contribution is 5.88. The zero-order chi connectivity index (χ0) is 26.6. The van der Waals surface area contributed by atoms with Crippen LogP contribution in [0.1, 0.15) is 5.56 Å². The van der Waals surface area contributed by atoms with E-state index in [0.29, 0.717) is 30.3 Å². The van der Waals surface area contributed by atoms with Crippen molar-refractivity contribution in [3.05, 3.63) is 82.7 Å². The van der Waals surface area contributed by atoms with Gasteiger partial charge in [-0.3, -0.25) is 9.59 Å². The number of carboxylic acid groups (broad SMARTS) is 1. The smallest absolute Gasteiger partial charge is 0.326 e. The Labute approximate surface area is 216 Å². The minimum absolute atomic E-state index is 0.0528. The molecule has 10 nitrogen and oxygen atoms in total. The number of hydrogen-bond acceptors (Lipinski definition) is 8. The van der Waals surface area contributed by atoms with Crippen LogP contribution >= 0.6 is 0 Å². The molecule has 0 radical (unpaired) electrons. The Bertz CT molecular complexity index is 1560. The number of aromatic hydroxyl groups is 1. The summed E-state index contributed by atoms with van der Waals surface area (Å²) >= 11 is 0. The summed E-state index contributed by atoms with van der Waals surface area (Å²) in [4.78, 5) is 37.1. The van der Waals surface area contributed by atoms with E-state index in [1.54, 1.807) is 42.5 Å². The fourth-order valence-corrected chi connectivity index (χ4v) is 4.14. The number of benzene rings is 3. The number of phenols is 1. The Morgan fingerprint density at radius 3 is 2.53 bits per heavy atom. The number of carbonyl (C=O) groups is 2. The summed E-state index contributed by atoms with van der Waals surface area (Å²) in [5.41, 5.74) is 1.10. The van der Waals surface area contributed by atoms with Crippen LogP contribution in [-0.4, -0.2) is 48.0 Å². The number of rotatable bonds is 8. The van der Waals surface area contributed by atoms with Gasteiger partial charge in [0.1, 0.15) is 48.0 Å². The summed E-state index contributed by atoms with van der Waals surface area (Å²) in [5, 5.41) is 22.4. The van der Waals surface area contributed by atoms with Crippen LogP contribution in [0, 0.1) is 0 Å². The van der Waals surface area contributed by atoms with Crippen molar-refractivity contribution in [3.63, 3.8) is 0 Å². The molecule has 3 N–H and O–H groups in total. The highest BCUT2D eigenvalue weighted by atomic mass is 16.6. The monoisotopic (exact) mass is 517 g/mol. The van der Waals surface area contributed by atoms with Crippen molar-refractivity contribution in [1.29, 1.82) is 0 Å². The predicted molar refractivity (Wildman–Crippen MR) is 136 cm³/mol. The first-order valence-corrected chi connectivity index (χ1v) is 11.8. The van der Waals surface area contributed by atoms with E-state index in [1.807, 2.05) is 6.07 Å². The Balaban J connectivity index is 1.31. The molecule has 1 aliphatic heterocycles. The number of carbonyl (C=O) groups excluding carboxylic acids is 1. The van der Waals surface area contributed by atoms with Gasteiger partial charge in [0.2, 0.25) is 5.43 Å². The molecule has 3 aromatic carbocycles. The fraction of sp³-hybridized carbons (Fsp3) is 0.179. The molecular formula is C28H23NO9. The van der Waals surface area contributed by atoms with E-state index >= 15 is 0 Å². The van der Waals surface area contributed by atoms with E-state index in [0.717, 1.165) is 5.56 Å². The molecule has 1 unspecified atom stereocenters. The van der Waals surface area contributed by atoms with Gasteiger partial charge in [-0.15, -0.1) is 0 Å². The van der Waals surface area contributed by atoms with E-state index in [-0.39, 0.29) is 28.7 Å². The third kappa shape index (κ3) is 5.24. The first-order chi connectivity index (χ1) is 18.4. The molecule has 1 atom stereocenters. The molecule has 0 saturated carbocycles.